The van der Waals surface area contributed by atoms with Gasteiger partial charge in [0.25, 0.3) is 5.91 Å². The Morgan fingerprint density at radius 3 is 2.11 bits per heavy atom. The van der Waals surface area contributed by atoms with Crippen molar-refractivity contribution in [3.05, 3.63) is 59.9 Å². The summed E-state index contributed by atoms with van der Waals surface area (Å²) in [4.78, 5) is 26.1. The van der Waals surface area contributed by atoms with Gasteiger partial charge in [0.1, 0.15) is 18.1 Å². The molecule has 0 bridgehead atoms. The van der Waals surface area contributed by atoms with E-state index in [0.29, 0.717) is 5.69 Å². The van der Waals surface area contributed by atoms with E-state index in [0.717, 1.165) is 12.1 Å². The first-order valence-electron chi connectivity index (χ1n) is 8.27. The molecular weight excluding hydrogens is 380 g/mol. The molecule has 0 atom stereocenters. The first-order valence-corrected chi connectivity index (χ1v) is 8.27. The SMILES string of the molecule is CC(C)N(CC(=O)Nc1ccc(F)cc1)C(=O)c1ccc(OC(F)(F)F)cc1. The van der Waals surface area contributed by atoms with Gasteiger partial charge in [0.05, 0.1) is 0 Å². The summed E-state index contributed by atoms with van der Waals surface area (Å²) in [6.45, 7) is 3.11. The molecule has 0 saturated heterocycles. The molecule has 0 aromatic heterocycles. The van der Waals surface area contributed by atoms with Crippen molar-refractivity contribution in [2.45, 2.75) is 26.3 Å². The summed E-state index contributed by atoms with van der Waals surface area (Å²) in [7, 11) is 0. The predicted octanol–water partition coefficient (Wildman–Crippen LogP) is 4.21. The highest BCUT2D eigenvalue weighted by molar-refractivity contribution is 5.99. The topological polar surface area (TPSA) is 58.6 Å². The maximum Gasteiger partial charge on any atom is 0.573 e. The molecule has 0 radical (unpaired) electrons. The van der Waals surface area contributed by atoms with Crippen LogP contribution in [0.4, 0.5) is 23.2 Å². The molecule has 2 rings (SSSR count). The number of halogens is 4. The number of nitrogens with zero attached hydrogens (tertiary/aromatic N) is 1. The number of amides is 2. The molecular formula is C19H18F4N2O3. The number of carbonyl (C=O) groups is 2. The van der Waals surface area contributed by atoms with Crippen LogP contribution in [0.2, 0.25) is 0 Å². The minimum atomic E-state index is -4.83. The second kappa shape index (κ2) is 8.73. The van der Waals surface area contributed by atoms with Crippen LogP contribution in [0.25, 0.3) is 0 Å². The zero-order valence-electron chi connectivity index (χ0n) is 15.1. The van der Waals surface area contributed by atoms with E-state index in [2.05, 4.69) is 10.1 Å². The largest absolute Gasteiger partial charge is 0.573 e. The summed E-state index contributed by atoms with van der Waals surface area (Å²) in [5.41, 5.74) is 0.481. The fourth-order valence-corrected chi connectivity index (χ4v) is 2.34. The Kier molecular flexibility index (Phi) is 6.61. The molecule has 2 aromatic carbocycles. The molecule has 0 spiro atoms. The standard InChI is InChI=1S/C19H18F4N2O3/c1-12(2)25(11-17(26)24-15-7-5-14(20)6-8-15)18(27)13-3-9-16(10-4-13)28-19(21,22)23/h3-10,12H,11H2,1-2H3,(H,24,26). The number of ether oxygens (including phenoxy) is 1. The second-order valence-electron chi connectivity index (χ2n) is 6.15. The molecule has 0 heterocycles. The molecule has 150 valence electrons. The number of alkyl halides is 3. The smallest absolute Gasteiger partial charge is 0.406 e. The van der Waals surface area contributed by atoms with Crippen molar-refractivity contribution < 1.29 is 31.9 Å². The van der Waals surface area contributed by atoms with Gasteiger partial charge in [-0.15, -0.1) is 13.2 Å². The number of rotatable bonds is 6. The van der Waals surface area contributed by atoms with Crippen LogP contribution >= 0.6 is 0 Å². The van der Waals surface area contributed by atoms with E-state index >= 15 is 0 Å². The van der Waals surface area contributed by atoms with Crippen molar-refractivity contribution in [2.24, 2.45) is 0 Å². The van der Waals surface area contributed by atoms with E-state index in [-0.39, 0.29) is 18.2 Å². The first-order chi connectivity index (χ1) is 13.0. The van der Waals surface area contributed by atoms with Crippen LogP contribution in [-0.4, -0.2) is 35.7 Å². The van der Waals surface area contributed by atoms with Gasteiger partial charge in [-0.1, -0.05) is 0 Å². The van der Waals surface area contributed by atoms with Gasteiger partial charge in [-0.05, 0) is 62.4 Å². The van der Waals surface area contributed by atoms with Crippen molar-refractivity contribution in [3.8, 4) is 5.75 Å². The Labute approximate surface area is 158 Å². The minimum Gasteiger partial charge on any atom is -0.406 e. The van der Waals surface area contributed by atoms with Gasteiger partial charge < -0.3 is 15.0 Å². The van der Waals surface area contributed by atoms with Gasteiger partial charge in [0.2, 0.25) is 5.91 Å². The van der Waals surface area contributed by atoms with Crippen molar-refractivity contribution in [3.63, 3.8) is 0 Å². The highest BCUT2D eigenvalue weighted by Crippen LogP contribution is 2.23. The number of nitrogens with one attached hydrogen (secondary N) is 1. The van der Waals surface area contributed by atoms with Gasteiger partial charge in [0.15, 0.2) is 0 Å². The van der Waals surface area contributed by atoms with Crippen LogP contribution in [-0.2, 0) is 4.79 Å². The molecule has 0 fully saturated rings. The van der Waals surface area contributed by atoms with Gasteiger partial charge >= 0.3 is 6.36 Å². The lowest BCUT2D eigenvalue weighted by molar-refractivity contribution is -0.274. The number of benzene rings is 2. The summed E-state index contributed by atoms with van der Waals surface area (Å²) in [6, 6.07) is 9.22. The predicted molar refractivity (Wildman–Crippen MR) is 94.3 cm³/mol. The van der Waals surface area contributed by atoms with Crippen LogP contribution in [0.1, 0.15) is 24.2 Å². The summed E-state index contributed by atoms with van der Waals surface area (Å²) in [5, 5.41) is 2.55. The maximum atomic E-state index is 12.9. The van der Waals surface area contributed by atoms with E-state index in [4.69, 9.17) is 0 Å². The van der Waals surface area contributed by atoms with Gasteiger partial charge in [0, 0.05) is 17.3 Å². The molecule has 2 amide bonds. The highest BCUT2D eigenvalue weighted by atomic mass is 19.4. The molecule has 1 N–H and O–H groups in total. The lowest BCUT2D eigenvalue weighted by atomic mass is 10.1. The van der Waals surface area contributed by atoms with Crippen molar-refractivity contribution in [2.75, 3.05) is 11.9 Å². The van der Waals surface area contributed by atoms with Crippen LogP contribution in [0.15, 0.2) is 48.5 Å². The third-order valence-electron chi connectivity index (χ3n) is 3.66. The summed E-state index contributed by atoms with van der Waals surface area (Å²) in [5.74, 6) is -1.92. The average Bonchev–Trinajstić information content (AvgIpc) is 2.60. The maximum absolute atomic E-state index is 12.9. The van der Waals surface area contributed by atoms with Crippen LogP contribution in [0.3, 0.4) is 0 Å². The minimum absolute atomic E-state index is 0.109. The molecule has 0 aliphatic carbocycles. The Hall–Kier alpha value is -3.10. The van der Waals surface area contributed by atoms with Crippen LogP contribution < -0.4 is 10.1 Å². The van der Waals surface area contributed by atoms with Gasteiger partial charge in [-0.3, -0.25) is 9.59 Å². The van der Waals surface area contributed by atoms with Crippen LogP contribution in [0, 0.1) is 5.82 Å². The molecule has 2 aromatic rings. The van der Waals surface area contributed by atoms with Crippen molar-refractivity contribution in [1.29, 1.82) is 0 Å². The Balaban J connectivity index is 2.06. The number of hydrogen-bond donors (Lipinski definition) is 1. The van der Waals surface area contributed by atoms with Gasteiger partial charge in [-0.2, -0.15) is 0 Å². The first kappa shape index (κ1) is 21.2. The summed E-state index contributed by atoms with van der Waals surface area (Å²) in [6.07, 6.45) is -4.83. The van der Waals surface area contributed by atoms with Gasteiger partial charge in [-0.25, -0.2) is 4.39 Å². The molecule has 5 nitrogen and oxygen atoms in total. The normalized spacial score (nSPS) is 11.2. The number of anilines is 1. The van der Waals surface area contributed by atoms with E-state index in [1.54, 1.807) is 13.8 Å². The summed E-state index contributed by atoms with van der Waals surface area (Å²) < 4.78 is 53.3. The number of carbonyl (C=O) groups excluding carboxylic acids is 2. The van der Waals surface area contributed by atoms with Crippen molar-refractivity contribution >= 4 is 17.5 Å². The molecule has 28 heavy (non-hydrogen) atoms. The summed E-state index contributed by atoms with van der Waals surface area (Å²) >= 11 is 0. The third-order valence-corrected chi connectivity index (χ3v) is 3.66. The fraction of sp³-hybridized carbons (Fsp3) is 0.263. The molecule has 9 heteroatoms. The Morgan fingerprint density at radius 2 is 1.61 bits per heavy atom. The Bertz CT molecular complexity index is 819. The van der Waals surface area contributed by atoms with E-state index < -0.39 is 29.7 Å². The van der Waals surface area contributed by atoms with E-state index in [9.17, 15) is 27.2 Å². The van der Waals surface area contributed by atoms with Crippen molar-refractivity contribution in [1.82, 2.24) is 4.90 Å². The molecule has 0 saturated carbocycles. The highest BCUT2D eigenvalue weighted by Gasteiger charge is 2.31. The zero-order valence-corrected chi connectivity index (χ0v) is 15.1. The molecule has 0 unspecified atom stereocenters. The average molecular weight is 398 g/mol. The fourth-order valence-electron chi connectivity index (χ4n) is 2.34. The number of hydrogen-bond acceptors (Lipinski definition) is 3. The van der Waals surface area contributed by atoms with E-state index in [1.165, 1.54) is 41.3 Å². The molecule has 0 aliphatic rings. The third kappa shape index (κ3) is 6.26. The lowest BCUT2D eigenvalue weighted by Gasteiger charge is -2.26. The molecule has 0 aliphatic heterocycles. The Morgan fingerprint density at radius 1 is 1.04 bits per heavy atom. The second-order valence-corrected chi connectivity index (χ2v) is 6.15. The van der Waals surface area contributed by atoms with Crippen LogP contribution in [0.5, 0.6) is 5.75 Å². The monoisotopic (exact) mass is 398 g/mol. The lowest BCUT2D eigenvalue weighted by Crippen LogP contribution is -2.42. The van der Waals surface area contributed by atoms with E-state index in [1.807, 2.05) is 0 Å². The quantitative estimate of drug-likeness (QED) is 0.742. The zero-order chi connectivity index (χ0) is 20.9.